The summed E-state index contributed by atoms with van der Waals surface area (Å²) in [5.74, 6) is -1.83. The molecule has 5 rings (SSSR count). The van der Waals surface area contributed by atoms with Gasteiger partial charge in [0, 0.05) is 16.5 Å². The van der Waals surface area contributed by atoms with Crippen LogP contribution < -0.4 is 4.90 Å². The monoisotopic (exact) mass is 431 g/mol. The van der Waals surface area contributed by atoms with E-state index in [-0.39, 0.29) is 11.3 Å². The van der Waals surface area contributed by atoms with E-state index in [0.717, 1.165) is 16.0 Å². The van der Waals surface area contributed by atoms with Crippen LogP contribution in [-0.4, -0.2) is 26.8 Å². The van der Waals surface area contributed by atoms with Crippen LogP contribution in [0.2, 0.25) is 0 Å². The molecule has 1 amide bonds. The second kappa shape index (κ2) is 7.17. The standard InChI is InChI=1S/C23H17N3O4S/c1-12-13(2)31-23(25-12)26-19(15-8-5-6-10-24-15)18(21(28)22(26)29)20(27)17-11-14-7-3-4-9-16(14)30-17/h3-11,19,28H,1-2H3. The van der Waals surface area contributed by atoms with Gasteiger partial charge in [-0.2, -0.15) is 0 Å². The Hall–Kier alpha value is -3.78. The number of aliphatic hydroxyl groups excluding tert-OH is 1. The van der Waals surface area contributed by atoms with Gasteiger partial charge in [0.15, 0.2) is 16.7 Å². The molecule has 0 saturated heterocycles. The van der Waals surface area contributed by atoms with Gasteiger partial charge in [-0.25, -0.2) is 4.98 Å². The Balaban J connectivity index is 1.66. The Bertz CT molecular complexity index is 1320. The third kappa shape index (κ3) is 3.03. The van der Waals surface area contributed by atoms with Gasteiger partial charge < -0.3 is 9.52 Å². The number of benzene rings is 1. The molecule has 0 saturated carbocycles. The van der Waals surface area contributed by atoms with Crippen LogP contribution in [0.4, 0.5) is 5.13 Å². The van der Waals surface area contributed by atoms with Gasteiger partial charge in [0.1, 0.15) is 11.6 Å². The highest BCUT2D eigenvalue weighted by Crippen LogP contribution is 2.43. The van der Waals surface area contributed by atoms with Crippen molar-refractivity contribution in [2.24, 2.45) is 0 Å². The Kier molecular flexibility index (Phi) is 4.44. The van der Waals surface area contributed by atoms with Crippen molar-refractivity contribution in [3.8, 4) is 0 Å². The van der Waals surface area contributed by atoms with E-state index in [0.29, 0.717) is 16.4 Å². The number of carbonyl (C=O) groups excluding carboxylic acids is 2. The average Bonchev–Trinajstić information content (AvgIpc) is 3.43. The first-order chi connectivity index (χ1) is 15.0. The zero-order valence-electron chi connectivity index (χ0n) is 16.7. The Morgan fingerprint density at radius 3 is 2.61 bits per heavy atom. The number of furan rings is 1. The number of thiazole rings is 1. The van der Waals surface area contributed by atoms with Crippen LogP contribution >= 0.6 is 11.3 Å². The number of aryl methyl sites for hydroxylation is 2. The fourth-order valence-electron chi connectivity index (χ4n) is 3.64. The van der Waals surface area contributed by atoms with Crippen molar-refractivity contribution >= 4 is 39.1 Å². The number of rotatable bonds is 4. The summed E-state index contributed by atoms with van der Waals surface area (Å²) in [5, 5.41) is 11.9. The number of fused-ring (bicyclic) bond motifs is 1. The molecule has 1 atom stereocenters. The van der Waals surface area contributed by atoms with Crippen LogP contribution in [0.25, 0.3) is 11.0 Å². The molecule has 154 valence electrons. The van der Waals surface area contributed by atoms with Gasteiger partial charge in [0.2, 0.25) is 5.78 Å². The zero-order valence-corrected chi connectivity index (χ0v) is 17.5. The number of hydrogen-bond acceptors (Lipinski definition) is 7. The van der Waals surface area contributed by atoms with E-state index in [1.807, 2.05) is 32.0 Å². The second-order valence-corrected chi connectivity index (χ2v) is 8.39. The van der Waals surface area contributed by atoms with Gasteiger partial charge in [0.05, 0.1) is 17.0 Å². The smallest absolute Gasteiger partial charge is 0.296 e. The maximum atomic E-state index is 13.5. The predicted molar refractivity (Wildman–Crippen MR) is 116 cm³/mol. The summed E-state index contributed by atoms with van der Waals surface area (Å²) in [5.41, 5.74) is 1.70. The molecule has 0 aliphatic carbocycles. The van der Waals surface area contributed by atoms with E-state index in [9.17, 15) is 14.7 Å². The van der Waals surface area contributed by atoms with Crippen LogP contribution in [0.1, 0.15) is 32.9 Å². The fourth-order valence-corrected chi connectivity index (χ4v) is 4.57. The summed E-state index contributed by atoms with van der Waals surface area (Å²) < 4.78 is 5.72. The number of para-hydroxylation sites is 1. The predicted octanol–water partition coefficient (Wildman–Crippen LogP) is 4.68. The van der Waals surface area contributed by atoms with Crippen LogP contribution in [-0.2, 0) is 4.79 Å². The van der Waals surface area contributed by atoms with Gasteiger partial charge in [-0.15, -0.1) is 11.3 Å². The number of nitrogens with zero attached hydrogens (tertiary/aromatic N) is 3. The minimum Gasteiger partial charge on any atom is -0.503 e. The lowest BCUT2D eigenvalue weighted by Crippen LogP contribution is -2.31. The minimum atomic E-state index is -0.917. The molecule has 4 heterocycles. The number of aliphatic hydroxyl groups is 1. The fraction of sp³-hybridized carbons (Fsp3) is 0.130. The molecule has 3 aromatic heterocycles. The molecule has 8 heteroatoms. The molecule has 1 N–H and O–H groups in total. The summed E-state index contributed by atoms with van der Waals surface area (Å²) in [6, 6.07) is 13.1. The van der Waals surface area contributed by atoms with Crippen molar-refractivity contribution < 1.29 is 19.1 Å². The summed E-state index contributed by atoms with van der Waals surface area (Å²) in [6.45, 7) is 3.75. The Labute approximate surface area is 181 Å². The first-order valence-electron chi connectivity index (χ1n) is 9.60. The molecule has 1 aliphatic heterocycles. The van der Waals surface area contributed by atoms with Crippen LogP contribution in [0.5, 0.6) is 0 Å². The number of carbonyl (C=O) groups is 2. The summed E-state index contributed by atoms with van der Waals surface area (Å²) in [7, 11) is 0. The van der Waals surface area contributed by atoms with Gasteiger partial charge in [0.25, 0.3) is 5.91 Å². The summed E-state index contributed by atoms with van der Waals surface area (Å²) >= 11 is 1.32. The first-order valence-corrected chi connectivity index (χ1v) is 10.4. The highest BCUT2D eigenvalue weighted by atomic mass is 32.1. The number of ketones is 1. The maximum absolute atomic E-state index is 13.5. The van der Waals surface area contributed by atoms with E-state index in [4.69, 9.17) is 4.42 Å². The lowest BCUT2D eigenvalue weighted by molar-refractivity contribution is -0.117. The van der Waals surface area contributed by atoms with Gasteiger partial charge >= 0.3 is 0 Å². The molecule has 31 heavy (non-hydrogen) atoms. The SMILES string of the molecule is Cc1nc(N2C(=O)C(O)=C(C(=O)c3cc4ccccc4o3)C2c2ccccn2)sc1C. The molecule has 7 nitrogen and oxygen atoms in total. The zero-order chi connectivity index (χ0) is 21.7. The average molecular weight is 431 g/mol. The van der Waals surface area contributed by atoms with Crippen LogP contribution in [0.15, 0.2) is 70.5 Å². The molecule has 1 unspecified atom stereocenters. The van der Waals surface area contributed by atoms with Crippen molar-refractivity contribution in [1.29, 1.82) is 0 Å². The molecular formula is C23H17N3O4S. The third-order valence-electron chi connectivity index (χ3n) is 5.29. The minimum absolute atomic E-state index is 0.0461. The summed E-state index contributed by atoms with van der Waals surface area (Å²) in [6.07, 6.45) is 1.58. The van der Waals surface area contributed by atoms with Crippen molar-refractivity contribution in [1.82, 2.24) is 9.97 Å². The second-order valence-electron chi connectivity index (χ2n) is 7.21. The topological polar surface area (TPSA) is 96.5 Å². The Morgan fingerprint density at radius 2 is 1.94 bits per heavy atom. The molecule has 0 spiro atoms. The molecule has 0 bridgehead atoms. The maximum Gasteiger partial charge on any atom is 0.296 e. The number of aromatic nitrogens is 2. The number of amides is 1. The van der Waals surface area contributed by atoms with Crippen molar-refractivity contribution in [3.63, 3.8) is 0 Å². The molecule has 0 radical (unpaired) electrons. The van der Waals surface area contributed by atoms with Crippen molar-refractivity contribution in [2.45, 2.75) is 19.9 Å². The van der Waals surface area contributed by atoms with Crippen LogP contribution in [0.3, 0.4) is 0 Å². The van der Waals surface area contributed by atoms with E-state index < -0.39 is 23.5 Å². The Morgan fingerprint density at radius 1 is 1.16 bits per heavy atom. The molecule has 4 aromatic rings. The van der Waals surface area contributed by atoms with E-state index in [1.54, 1.807) is 36.5 Å². The van der Waals surface area contributed by atoms with Crippen molar-refractivity contribution in [3.05, 3.63) is 88.1 Å². The molecular weight excluding hydrogens is 414 g/mol. The normalized spacial score (nSPS) is 16.5. The lowest BCUT2D eigenvalue weighted by Gasteiger charge is -2.23. The highest BCUT2D eigenvalue weighted by Gasteiger charge is 2.47. The van der Waals surface area contributed by atoms with E-state index in [1.165, 1.54) is 16.2 Å². The molecule has 0 fully saturated rings. The number of hydrogen-bond donors (Lipinski definition) is 1. The number of pyridine rings is 1. The first kappa shape index (κ1) is 19.2. The number of Topliss-reactive ketones (excluding diaryl/α,β-unsaturated/α-hetero) is 1. The third-order valence-corrected chi connectivity index (χ3v) is 6.37. The van der Waals surface area contributed by atoms with E-state index in [2.05, 4.69) is 9.97 Å². The van der Waals surface area contributed by atoms with Crippen molar-refractivity contribution in [2.75, 3.05) is 4.90 Å². The van der Waals surface area contributed by atoms with Gasteiger partial charge in [-0.3, -0.25) is 19.5 Å². The largest absolute Gasteiger partial charge is 0.503 e. The lowest BCUT2D eigenvalue weighted by atomic mass is 9.98. The molecule has 1 aromatic carbocycles. The van der Waals surface area contributed by atoms with Crippen LogP contribution in [0, 0.1) is 13.8 Å². The van der Waals surface area contributed by atoms with Gasteiger partial charge in [-0.1, -0.05) is 24.3 Å². The number of anilines is 1. The van der Waals surface area contributed by atoms with E-state index >= 15 is 0 Å². The van der Waals surface area contributed by atoms with Gasteiger partial charge in [-0.05, 0) is 38.1 Å². The quantitative estimate of drug-likeness (QED) is 0.471. The summed E-state index contributed by atoms with van der Waals surface area (Å²) in [4.78, 5) is 37.7. The highest BCUT2D eigenvalue weighted by molar-refractivity contribution is 7.15. The molecule has 1 aliphatic rings.